The van der Waals surface area contributed by atoms with Crippen molar-refractivity contribution < 1.29 is 4.74 Å². The highest BCUT2D eigenvalue weighted by atomic mass is 79.9. The van der Waals surface area contributed by atoms with Crippen molar-refractivity contribution in [3.63, 3.8) is 0 Å². The van der Waals surface area contributed by atoms with Crippen molar-refractivity contribution in [1.29, 1.82) is 0 Å². The highest BCUT2D eigenvalue weighted by Gasteiger charge is 2.16. The Bertz CT molecular complexity index is 253. The minimum atomic E-state index is 0.745. The van der Waals surface area contributed by atoms with Crippen LogP contribution >= 0.6 is 27.3 Å². The normalized spacial score (nSPS) is 19.8. The van der Waals surface area contributed by atoms with E-state index in [2.05, 4.69) is 28.1 Å². The van der Waals surface area contributed by atoms with E-state index in [1.807, 2.05) is 11.3 Å². The first-order chi connectivity index (χ1) is 5.86. The zero-order valence-electron chi connectivity index (χ0n) is 6.75. The summed E-state index contributed by atoms with van der Waals surface area (Å²) < 4.78 is 6.56. The maximum Gasteiger partial charge on any atom is 0.0701 e. The van der Waals surface area contributed by atoms with E-state index < -0.39 is 0 Å². The summed E-state index contributed by atoms with van der Waals surface area (Å²) >= 11 is 5.34. The molecular weight excluding hydrogens is 236 g/mol. The van der Waals surface area contributed by atoms with E-state index in [1.54, 1.807) is 0 Å². The lowest BCUT2D eigenvalue weighted by Gasteiger charge is -2.20. The van der Waals surface area contributed by atoms with Crippen molar-refractivity contribution in [3.8, 4) is 0 Å². The van der Waals surface area contributed by atoms with Crippen LogP contribution < -0.4 is 0 Å². The van der Waals surface area contributed by atoms with Gasteiger partial charge in [-0.05, 0) is 46.8 Å². The maximum atomic E-state index is 5.32. The number of ether oxygens (including phenoxy) is 1. The van der Waals surface area contributed by atoms with Gasteiger partial charge in [0, 0.05) is 18.1 Å². The van der Waals surface area contributed by atoms with Crippen molar-refractivity contribution in [2.24, 2.45) is 0 Å². The van der Waals surface area contributed by atoms with E-state index in [9.17, 15) is 0 Å². The summed E-state index contributed by atoms with van der Waals surface area (Å²) in [5, 5.41) is 0. The highest BCUT2D eigenvalue weighted by molar-refractivity contribution is 9.11. The molecule has 0 aromatic carbocycles. The second-order valence-corrected chi connectivity index (χ2v) is 5.52. The molecule has 1 aromatic rings. The van der Waals surface area contributed by atoms with Gasteiger partial charge in [0.15, 0.2) is 0 Å². The smallest absolute Gasteiger partial charge is 0.0701 e. The quantitative estimate of drug-likeness (QED) is 0.739. The first kappa shape index (κ1) is 8.73. The molecule has 0 atom stereocenters. The van der Waals surface area contributed by atoms with Gasteiger partial charge in [0.2, 0.25) is 0 Å². The number of rotatable bonds is 1. The van der Waals surface area contributed by atoms with Gasteiger partial charge in [-0.2, -0.15) is 0 Å². The lowest BCUT2D eigenvalue weighted by atomic mass is 9.99. The van der Waals surface area contributed by atoms with Crippen molar-refractivity contribution in [2.75, 3.05) is 13.2 Å². The summed E-state index contributed by atoms with van der Waals surface area (Å²) in [5.41, 5.74) is 0. The van der Waals surface area contributed by atoms with Crippen molar-refractivity contribution >= 4 is 27.3 Å². The molecular formula is C9H11BrOS. The fourth-order valence-electron chi connectivity index (χ4n) is 1.53. The average Bonchev–Trinajstić information content (AvgIpc) is 2.54. The molecule has 0 unspecified atom stereocenters. The van der Waals surface area contributed by atoms with Crippen LogP contribution in [0.4, 0.5) is 0 Å². The predicted molar refractivity (Wildman–Crippen MR) is 54.8 cm³/mol. The maximum absolute atomic E-state index is 5.32. The van der Waals surface area contributed by atoms with Gasteiger partial charge in [0.1, 0.15) is 0 Å². The highest BCUT2D eigenvalue weighted by Crippen LogP contribution is 2.33. The number of hydrogen-bond acceptors (Lipinski definition) is 2. The summed E-state index contributed by atoms with van der Waals surface area (Å²) in [6, 6.07) is 4.36. The fraction of sp³-hybridized carbons (Fsp3) is 0.556. The van der Waals surface area contributed by atoms with Gasteiger partial charge in [0.05, 0.1) is 3.79 Å². The molecule has 66 valence electrons. The topological polar surface area (TPSA) is 9.23 Å². The van der Waals surface area contributed by atoms with Gasteiger partial charge in [-0.1, -0.05) is 0 Å². The summed E-state index contributed by atoms with van der Waals surface area (Å²) in [6.07, 6.45) is 2.37. The predicted octanol–water partition coefficient (Wildman–Crippen LogP) is 3.40. The van der Waals surface area contributed by atoms with E-state index in [-0.39, 0.29) is 0 Å². The molecule has 0 N–H and O–H groups in total. The van der Waals surface area contributed by atoms with E-state index >= 15 is 0 Å². The fourth-order valence-corrected chi connectivity index (χ4v) is 3.12. The zero-order valence-corrected chi connectivity index (χ0v) is 9.16. The molecule has 0 amide bonds. The van der Waals surface area contributed by atoms with Crippen LogP contribution in [-0.4, -0.2) is 13.2 Å². The Morgan fingerprint density at radius 1 is 1.33 bits per heavy atom. The minimum Gasteiger partial charge on any atom is -0.381 e. The molecule has 0 aliphatic carbocycles. The minimum absolute atomic E-state index is 0.745. The first-order valence-corrected chi connectivity index (χ1v) is 5.80. The first-order valence-electron chi connectivity index (χ1n) is 4.19. The van der Waals surface area contributed by atoms with E-state index in [0.29, 0.717) is 0 Å². The second kappa shape index (κ2) is 3.90. The Kier molecular flexibility index (Phi) is 2.84. The molecule has 3 heteroatoms. The number of thiophene rings is 1. The van der Waals surface area contributed by atoms with Crippen LogP contribution in [-0.2, 0) is 4.74 Å². The van der Waals surface area contributed by atoms with Crippen molar-refractivity contribution in [1.82, 2.24) is 0 Å². The third kappa shape index (κ3) is 1.90. The molecule has 2 heterocycles. The van der Waals surface area contributed by atoms with Crippen LogP contribution in [0.5, 0.6) is 0 Å². The molecule has 1 saturated heterocycles. The average molecular weight is 247 g/mol. The molecule has 0 saturated carbocycles. The molecule has 1 aliphatic heterocycles. The van der Waals surface area contributed by atoms with Crippen molar-refractivity contribution in [2.45, 2.75) is 18.8 Å². The third-order valence-electron chi connectivity index (χ3n) is 2.22. The van der Waals surface area contributed by atoms with E-state index in [1.165, 1.54) is 21.5 Å². The Morgan fingerprint density at radius 2 is 2.08 bits per heavy atom. The Labute approximate surface area is 84.9 Å². The van der Waals surface area contributed by atoms with Crippen LogP contribution in [0.1, 0.15) is 23.6 Å². The molecule has 1 nitrogen and oxygen atoms in total. The third-order valence-corrected chi connectivity index (χ3v) is 4.00. The molecule has 2 rings (SSSR count). The van der Waals surface area contributed by atoms with E-state index in [4.69, 9.17) is 4.74 Å². The zero-order chi connectivity index (χ0) is 8.39. The molecule has 0 spiro atoms. The molecule has 12 heavy (non-hydrogen) atoms. The summed E-state index contributed by atoms with van der Waals surface area (Å²) in [5.74, 6) is 0.745. The van der Waals surface area contributed by atoms with Gasteiger partial charge in [-0.25, -0.2) is 0 Å². The Morgan fingerprint density at radius 3 is 2.67 bits per heavy atom. The van der Waals surface area contributed by atoms with Gasteiger partial charge in [-0.3, -0.25) is 0 Å². The van der Waals surface area contributed by atoms with E-state index in [0.717, 1.165) is 19.1 Å². The van der Waals surface area contributed by atoms with Crippen molar-refractivity contribution in [3.05, 3.63) is 20.8 Å². The van der Waals surface area contributed by atoms with Gasteiger partial charge >= 0.3 is 0 Å². The summed E-state index contributed by atoms with van der Waals surface area (Å²) in [4.78, 5) is 1.50. The molecule has 1 aromatic heterocycles. The number of hydrogen-bond donors (Lipinski definition) is 0. The standard InChI is InChI=1S/C9H11BrOS/c10-9-2-1-8(12-9)7-3-5-11-6-4-7/h1-2,7H,3-6H2. The molecule has 1 fully saturated rings. The summed E-state index contributed by atoms with van der Waals surface area (Å²) in [7, 11) is 0. The monoisotopic (exact) mass is 246 g/mol. The van der Waals surface area contributed by atoms with Gasteiger partial charge in [-0.15, -0.1) is 11.3 Å². The molecule has 0 radical (unpaired) electrons. The largest absolute Gasteiger partial charge is 0.381 e. The van der Waals surface area contributed by atoms with Crippen LogP contribution in [0.2, 0.25) is 0 Å². The van der Waals surface area contributed by atoms with Crippen LogP contribution in [0.15, 0.2) is 15.9 Å². The van der Waals surface area contributed by atoms with Crippen LogP contribution in [0.3, 0.4) is 0 Å². The van der Waals surface area contributed by atoms with Crippen LogP contribution in [0.25, 0.3) is 0 Å². The second-order valence-electron chi connectivity index (χ2n) is 3.03. The number of halogens is 1. The van der Waals surface area contributed by atoms with Gasteiger partial charge in [0.25, 0.3) is 0 Å². The SMILES string of the molecule is Brc1ccc(C2CCOCC2)s1. The van der Waals surface area contributed by atoms with Crippen LogP contribution in [0, 0.1) is 0 Å². The Balaban J connectivity index is 2.08. The molecule has 0 bridgehead atoms. The lowest BCUT2D eigenvalue weighted by Crippen LogP contribution is -2.12. The van der Waals surface area contributed by atoms with Gasteiger partial charge < -0.3 is 4.74 Å². The molecule has 1 aliphatic rings. The lowest BCUT2D eigenvalue weighted by molar-refractivity contribution is 0.0860. The summed E-state index contributed by atoms with van der Waals surface area (Å²) in [6.45, 7) is 1.86. The Hall–Kier alpha value is 0.140.